The first-order chi connectivity index (χ1) is 34.2. The highest BCUT2D eigenvalue weighted by atomic mass is 35.5. The van der Waals surface area contributed by atoms with Gasteiger partial charge >= 0.3 is 11.5 Å². The summed E-state index contributed by atoms with van der Waals surface area (Å²) >= 11 is 5.55. The smallest absolute Gasteiger partial charge is 0.419 e. The van der Waals surface area contributed by atoms with Gasteiger partial charge in [-0.3, -0.25) is 28.9 Å². The van der Waals surface area contributed by atoms with Crippen LogP contribution < -0.4 is 34.6 Å². The highest BCUT2D eigenvalue weighted by Gasteiger charge is 2.22. The molecule has 0 bridgehead atoms. The molecule has 0 aromatic heterocycles. The second-order valence-corrected chi connectivity index (χ2v) is 15.4. The number of aromatic hydroxyl groups is 3. The zero-order chi connectivity index (χ0) is 51.2. The van der Waals surface area contributed by atoms with Gasteiger partial charge in [0.1, 0.15) is 47.1 Å². The summed E-state index contributed by atoms with van der Waals surface area (Å²) in [6, 6.07) is 42.5. The van der Waals surface area contributed by atoms with Crippen LogP contribution >= 0.6 is 11.6 Å². The topological polar surface area (TPSA) is 221 Å². The Labute approximate surface area is 411 Å². The predicted molar refractivity (Wildman–Crippen MR) is 273 cm³/mol. The molecular formula is C54H45ClN4O12. The van der Waals surface area contributed by atoms with E-state index in [4.69, 9.17) is 30.9 Å². The number of phenols is 3. The number of carbonyl (C=O) groups is 6. The number of methoxy groups -OCH3 is 2. The second kappa shape index (κ2) is 23.5. The number of ether oxygens (including phenoxy) is 3. The minimum absolute atomic E-state index is 0.0704. The van der Waals surface area contributed by atoms with Crippen molar-refractivity contribution in [2.75, 3.05) is 48.7 Å². The van der Waals surface area contributed by atoms with E-state index in [2.05, 4.69) is 10.6 Å². The van der Waals surface area contributed by atoms with Crippen LogP contribution in [0.3, 0.4) is 0 Å². The Bertz CT molecular complexity index is 3260. The molecule has 0 unspecified atom stereocenters. The van der Waals surface area contributed by atoms with E-state index in [9.17, 15) is 39.0 Å². The molecule has 4 amide bonds. The van der Waals surface area contributed by atoms with Crippen LogP contribution in [0.1, 0.15) is 41.4 Å². The lowest BCUT2D eigenvalue weighted by Crippen LogP contribution is -2.29. The van der Waals surface area contributed by atoms with Crippen LogP contribution in [-0.4, -0.2) is 79.5 Å². The highest BCUT2D eigenvalue weighted by Crippen LogP contribution is 2.37. The fourth-order valence-corrected chi connectivity index (χ4v) is 7.10. The lowest BCUT2D eigenvalue weighted by molar-refractivity contribution is 0.101. The minimum atomic E-state index is -0.658. The number of carbonyl (C=O) groups excluding carboxylic acids is 6. The normalized spacial score (nSPS) is 10.3. The van der Waals surface area contributed by atoms with E-state index in [1.54, 1.807) is 121 Å². The number of phenolic OH excluding ortho intramolecular Hbond substituents is 3. The third kappa shape index (κ3) is 12.2. The van der Waals surface area contributed by atoms with Gasteiger partial charge in [-0.1, -0.05) is 60.7 Å². The van der Waals surface area contributed by atoms with Crippen molar-refractivity contribution in [1.29, 1.82) is 0 Å². The third-order valence-electron chi connectivity index (χ3n) is 10.7. The summed E-state index contributed by atoms with van der Waals surface area (Å²) < 4.78 is 15.9. The van der Waals surface area contributed by atoms with Gasteiger partial charge in [-0.2, -0.15) is 0 Å². The number of hydrogen-bond donors (Lipinski definition) is 5. The van der Waals surface area contributed by atoms with Crippen LogP contribution in [0.15, 0.2) is 158 Å². The van der Waals surface area contributed by atoms with Crippen LogP contribution in [0, 0.1) is 0 Å². The van der Waals surface area contributed by atoms with Crippen molar-refractivity contribution in [3.8, 4) is 34.5 Å². The maximum Gasteiger partial charge on any atom is 0.419 e. The number of amides is 4. The van der Waals surface area contributed by atoms with Crippen molar-refractivity contribution in [2.45, 2.75) is 0 Å². The SMILES string of the molecule is COc1ccccc1NC(=O)c1ccc2c(N(C)C(=O)Cl)cccc2c1O.COc1ccccc1NC(=O)c1ccc2c(N(C)C(=O)Oc3ccc(C=O)cc3)cccc2c1O.O=Cc1ccc(O)cc1. The molecule has 8 aromatic rings. The first-order valence-electron chi connectivity index (χ1n) is 21.3. The Hall–Kier alpha value is -9.41. The molecule has 0 atom stereocenters. The van der Waals surface area contributed by atoms with E-state index in [1.807, 2.05) is 0 Å². The summed E-state index contributed by atoms with van der Waals surface area (Å²) in [5.74, 6) is 0.0727. The fourth-order valence-electron chi connectivity index (χ4n) is 7.01. The van der Waals surface area contributed by atoms with Gasteiger partial charge in [-0.05, 0) is 109 Å². The van der Waals surface area contributed by atoms with Crippen molar-refractivity contribution in [2.24, 2.45) is 0 Å². The number of fused-ring (bicyclic) bond motifs is 2. The zero-order valence-electron chi connectivity index (χ0n) is 38.5. The molecule has 17 heteroatoms. The maximum absolute atomic E-state index is 12.9. The van der Waals surface area contributed by atoms with Gasteiger partial charge < -0.3 is 45.1 Å². The molecule has 0 saturated carbocycles. The summed E-state index contributed by atoms with van der Waals surface area (Å²) in [5, 5.41) is 37.1. The van der Waals surface area contributed by atoms with E-state index in [0.29, 0.717) is 73.2 Å². The first-order valence-corrected chi connectivity index (χ1v) is 21.6. The maximum atomic E-state index is 12.9. The van der Waals surface area contributed by atoms with Crippen molar-refractivity contribution < 1.29 is 58.3 Å². The van der Waals surface area contributed by atoms with Gasteiger partial charge in [0.25, 0.3) is 11.8 Å². The molecule has 5 N–H and O–H groups in total. The Morgan fingerprint density at radius 2 is 0.930 bits per heavy atom. The molecule has 0 fully saturated rings. The Morgan fingerprint density at radius 1 is 0.507 bits per heavy atom. The molecular weight excluding hydrogens is 932 g/mol. The van der Waals surface area contributed by atoms with E-state index >= 15 is 0 Å². The van der Waals surface area contributed by atoms with Crippen LogP contribution in [-0.2, 0) is 0 Å². The number of rotatable bonds is 11. The molecule has 16 nitrogen and oxygen atoms in total. The zero-order valence-corrected chi connectivity index (χ0v) is 39.2. The van der Waals surface area contributed by atoms with Gasteiger partial charge in [0.15, 0.2) is 0 Å². The number of anilines is 4. The molecule has 0 aliphatic heterocycles. The van der Waals surface area contributed by atoms with Crippen LogP contribution in [0.2, 0.25) is 0 Å². The van der Waals surface area contributed by atoms with Crippen molar-refractivity contribution in [1.82, 2.24) is 0 Å². The van der Waals surface area contributed by atoms with Crippen molar-refractivity contribution >= 4 is 91.7 Å². The minimum Gasteiger partial charge on any atom is -0.508 e. The predicted octanol–water partition coefficient (Wildman–Crippen LogP) is 11.1. The Morgan fingerprint density at radius 3 is 1.35 bits per heavy atom. The third-order valence-corrected chi connectivity index (χ3v) is 11.0. The number of hydrogen-bond acceptors (Lipinski definition) is 12. The molecule has 0 radical (unpaired) electrons. The van der Waals surface area contributed by atoms with E-state index < -0.39 is 23.3 Å². The van der Waals surface area contributed by atoms with Crippen molar-refractivity contribution in [3.63, 3.8) is 0 Å². The van der Waals surface area contributed by atoms with Crippen LogP contribution in [0.25, 0.3) is 21.5 Å². The van der Waals surface area contributed by atoms with E-state index in [-0.39, 0.29) is 34.1 Å². The summed E-state index contributed by atoms with van der Waals surface area (Å²) in [5.41, 5.74) is 3.18. The van der Waals surface area contributed by atoms with E-state index in [0.717, 1.165) is 6.29 Å². The molecule has 360 valence electrons. The standard InChI is InChI=1S/C27H22N2O6.C20H17ClN2O4.C7H6O2/c1-29(27(33)35-18-12-10-17(16-30)11-13-18)23-8-5-6-20-19(23)14-15-21(25(20)31)26(32)28-22-7-3-4-9-24(22)34-2;1-23(20(21)26)16-8-5-6-13-12(16)10-11-14(18(13)24)19(25)22-15-7-3-4-9-17(15)27-2;8-5-6-1-3-7(9)4-2-6/h3-16,31H,1-2H3,(H,28,32);3-11,24H,1-2H3,(H,22,25);1-5,9H. The van der Waals surface area contributed by atoms with E-state index in [1.165, 1.54) is 74.5 Å². The number of benzene rings is 8. The van der Waals surface area contributed by atoms with Crippen LogP contribution in [0.5, 0.6) is 34.5 Å². The highest BCUT2D eigenvalue weighted by molar-refractivity contribution is 6.66. The first kappa shape index (κ1) is 51.0. The average Bonchev–Trinajstić information content (AvgIpc) is 3.39. The molecule has 0 aliphatic carbocycles. The molecule has 0 aliphatic rings. The van der Waals surface area contributed by atoms with Crippen molar-refractivity contribution in [3.05, 3.63) is 180 Å². The molecule has 0 saturated heterocycles. The Kier molecular flexibility index (Phi) is 16.9. The number of aldehydes is 2. The number of nitrogens with one attached hydrogen (secondary N) is 2. The van der Waals surface area contributed by atoms with Gasteiger partial charge in [-0.15, -0.1) is 0 Å². The summed E-state index contributed by atoms with van der Waals surface area (Å²) in [6.45, 7) is 0. The second-order valence-electron chi connectivity index (χ2n) is 15.1. The lowest BCUT2D eigenvalue weighted by atomic mass is 10.0. The van der Waals surface area contributed by atoms with Gasteiger partial charge in [0.05, 0.1) is 48.1 Å². The van der Waals surface area contributed by atoms with Gasteiger partial charge in [0.2, 0.25) is 0 Å². The number of halogens is 1. The quantitative estimate of drug-likeness (QED) is 0.0464. The summed E-state index contributed by atoms with van der Waals surface area (Å²) in [4.78, 5) is 73.1. The Balaban J connectivity index is 0.000000202. The molecule has 0 spiro atoms. The monoisotopic (exact) mass is 976 g/mol. The molecule has 71 heavy (non-hydrogen) atoms. The summed E-state index contributed by atoms with van der Waals surface area (Å²) in [7, 11) is 6.08. The number of para-hydroxylation sites is 4. The molecule has 8 rings (SSSR count). The van der Waals surface area contributed by atoms with Gasteiger partial charge in [-0.25, -0.2) is 4.79 Å². The molecule has 0 heterocycles. The fraction of sp³-hybridized carbons (Fsp3) is 0.0741. The van der Waals surface area contributed by atoms with Gasteiger partial charge in [0, 0.05) is 46.8 Å². The lowest BCUT2D eigenvalue weighted by Gasteiger charge is -2.20. The largest absolute Gasteiger partial charge is 0.508 e. The molecule has 8 aromatic carbocycles. The van der Waals surface area contributed by atoms with Crippen LogP contribution in [0.4, 0.5) is 32.3 Å². The summed E-state index contributed by atoms with van der Waals surface area (Å²) in [6.07, 6.45) is 0.777. The number of nitrogens with zero attached hydrogens (tertiary/aromatic N) is 2. The average molecular weight is 977 g/mol.